The number of nitrogens with two attached hydrogens (primary N) is 1. The zero-order valence-corrected chi connectivity index (χ0v) is 13.0. The summed E-state index contributed by atoms with van der Waals surface area (Å²) in [6, 6.07) is 13.0. The Hall–Kier alpha value is -2.01. The lowest BCUT2D eigenvalue weighted by molar-refractivity contribution is 0.404. The second-order valence-corrected chi connectivity index (χ2v) is 6.10. The van der Waals surface area contributed by atoms with E-state index in [4.69, 9.17) is 15.2 Å². The quantitative estimate of drug-likeness (QED) is 0.833. The van der Waals surface area contributed by atoms with Gasteiger partial charge in [0, 0.05) is 17.5 Å². The maximum Gasteiger partial charge on any atom is 0.137 e. The van der Waals surface area contributed by atoms with Crippen molar-refractivity contribution in [1.29, 1.82) is 0 Å². The summed E-state index contributed by atoms with van der Waals surface area (Å²) < 4.78 is 22.8. The van der Waals surface area contributed by atoms with E-state index in [0.29, 0.717) is 22.1 Å². The smallest absolute Gasteiger partial charge is 0.137 e. The average molecular weight is 305 g/mol. The van der Waals surface area contributed by atoms with Crippen LogP contribution in [-0.2, 0) is 17.2 Å². The number of ether oxygens (including phenoxy) is 2. The fourth-order valence-corrected chi connectivity index (χ4v) is 3.21. The van der Waals surface area contributed by atoms with E-state index in [1.165, 1.54) is 0 Å². The van der Waals surface area contributed by atoms with E-state index in [0.717, 1.165) is 17.7 Å². The molecular weight excluding hydrogens is 286 g/mol. The number of rotatable bonds is 6. The molecule has 2 aromatic carbocycles. The number of aryl methyl sites for hydroxylation is 1. The molecule has 0 saturated carbocycles. The Morgan fingerprint density at radius 1 is 1.05 bits per heavy atom. The summed E-state index contributed by atoms with van der Waals surface area (Å²) in [6.07, 6.45) is 0.726. The van der Waals surface area contributed by atoms with Crippen molar-refractivity contribution in [2.75, 3.05) is 25.7 Å². The minimum atomic E-state index is -1.12. The summed E-state index contributed by atoms with van der Waals surface area (Å²) in [6.45, 7) is 0. The zero-order chi connectivity index (χ0) is 15.2. The van der Waals surface area contributed by atoms with Crippen LogP contribution in [0.1, 0.15) is 5.56 Å². The maximum absolute atomic E-state index is 12.4. The summed E-state index contributed by atoms with van der Waals surface area (Å²) >= 11 is 0. The molecule has 112 valence electrons. The minimum Gasteiger partial charge on any atom is -0.497 e. The van der Waals surface area contributed by atoms with Gasteiger partial charge in [-0.05, 0) is 36.2 Å². The number of hydrogen-bond donors (Lipinski definition) is 1. The van der Waals surface area contributed by atoms with Crippen LogP contribution in [0.5, 0.6) is 11.5 Å². The van der Waals surface area contributed by atoms with Crippen LogP contribution in [0.2, 0.25) is 0 Å². The fourth-order valence-electron chi connectivity index (χ4n) is 1.98. The lowest BCUT2D eigenvalue weighted by Gasteiger charge is -2.09. The first-order chi connectivity index (χ1) is 10.1. The predicted octanol–water partition coefficient (Wildman–Crippen LogP) is 2.64. The van der Waals surface area contributed by atoms with Gasteiger partial charge in [-0.2, -0.15) is 0 Å². The Bertz CT molecular complexity index is 626. The van der Waals surface area contributed by atoms with E-state index < -0.39 is 10.8 Å². The van der Waals surface area contributed by atoms with Gasteiger partial charge in [-0.3, -0.25) is 4.21 Å². The molecule has 0 bridgehead atoms. The number of hydrogen-bond acceptors (Lipinski definition) is 4. The standard InChI is InChI=1S/C16H19NO3S/c1-19-14-6-3-12(4-7-14)9-10-21(18)16-8-5-13(17)11-15(16)20-2/h3-8,11H,9-10,17H2,1-2H3. The monoisotopic (exact) mass is 305 g/mol. The molecule has 0 radical (unpaired) electrons. The van der Waals surface area contributed by atoms with Crippen LogP contribution < -0.4 is 15.2 Å². The van der Waals surface area contributed by atoms with Crippen LogP contribution in [0.3, 0.4) is 0 Å². The molecule has 2 aromatic rings. The number of methoxy groups -OCH3 is 2. The Labute approximate surface area is 127 Å². The van der Waals surface area contributed by atoms with Crippen molar-refractivity contribution in [1.82, 2.24) is 0 Å². The molecule has 0 saturated heterocycles. The Morgan fingerprint density at radius 3 is 2.38 bits per heavy atom. The molecule has 0 spiro atoms. The van der Waals surface area contributed by atoms with Gasteiger partial charge in [-0.25, -0.2) is 0 Å². The molecule has 1 atom stereocenters. The van der Waals surface area contributed by atoms with Crippen molar-refractivity contribution in [2.45, 2.75) is 11.3 Å². The molecule has 2 N–H and O–H groups in total. The molecule has 0 heterocycles. The average Bonchev–Trinajstić information content (AvgIpc) is 2.52. The van der Waals surface area contributed by atoms with Gasteiger partial charge in [-0.15, -0.1) is 0 Å². The fraction of sp³-hybridized carbons (Fsp3) is 0.250. The molecule has 0 aliphatic carbocycles. The van der Waals surface area contributed by atoms with E-state index in [2.05, 4.69) is 0 Å². The molecule has 0 fully saturated rings. The molecule has 21 heavy (non-hydrogen) atoms. The molecule has 0 aromatic heterocycles. The van der Waals surface area contributed by atoms with Crippen molar-refractivity contribution >= 4 is 16.5 Å². The summed E-state index contributed by atoms with van der Waals surface area (Å²) in [5.74, 6) is 1.93. The van der Waals surface area contributed by atoms with Crippen LogP contribution in [0.25, 0.3) is 0 Å². The third kappa shape index (κ3) is 3.98. The van der Waals surface area contributed by atoms with Crippen LogP contribution in [0, 0.1) is 0 Å². The van der Waals surface area contributed by atoms with Gasteiger partial charge < -0.3 is 15.2 Å². The van der Waals surface area contributed by atoms with E-state index in [1.54, 1.807) is 32.4 Å². The number of benzene rings is 2. The van der Waals surface area contributed by atoms with Crippen molar-refractivity contribution in [2.24, 2.45) is 0 Å². The third-order valence-electron chi connectivity index (χ3n) is 3.17. The van der Waals surface area contributed by atoms with Crippen LogP contribution >= 0.6 is 0 Å². The lowest BCUT2D eigenvalue weighted by atomic mass is 10.2. The highest BCUT2D eigenvalue weighted by Crippen LogP contribution is 2.25. The highest BCUT2D eigenvalue weighted by molar-refractivity contribution is 7.85. The summed E-state index contributed by atoms with van der Waals surface area (Å²) in [7, 11) is 2.07. The molecular formula is C16H19NO3S. The van der Waals surface area contributed by atoms with Gasteiger partial charge in [0.15, 0.2) is 0 Å². The maximum atomic E-state index is 12.4. The Kier molecular flexibility index (Phi) is 5.22. The lowest BCUT2D eigenvalue weighted by Crippen LogP contribution is -2.04. The molecule has 1 unspecified atom stereocenters. The van der Waals surface area contributed by atoms with Crippen molar-refractivity contribution in [3.05, 3.63) is 48.0 Å². The summed E-state index contributed by atoms with van der Waals surface area (Å²) in [4.78, 5) is 0.681. The summed E-state index contributed by atoms with van der Waals surface area (Å²) in [5, 5.41) is 0. The first-order valence-electron chi connectivity index (χ1n) is 6.59. The van der Waals surface area contributed by atoms with E-state index in [9.17, 15) is 4.21 Å². The summed E-state index contributed by atoms with van der Waals surface area (Å²) in [5.41, 5.74) is 7.43. The Morgan fingerprint density at radius 2 is 1.76 bits per heavy atom. The molecule has 0 amide bonds. The number of nitrogen functional groups attached to an aromatic ring is 1. The second kappa shape index (κ2) is 7.13. The largest absolute Gasteiger partial charge is 0.497 e. The normalized spacial score (nSPS) is 11.9. The first-order valence-corrected chi connectivity index (χ1v) is 7.90. The Balaban J connectivity index is 2.04. The van der Waals surface area contributed by atoms with Crippen molar-refractivity contribution in [3.63, 3.8) is 0 Å². The molecule has 5 heteroatoms. The van der Waals surface area contributed by atoms with E-state index >= 15 is 0 Å². The second-order valence-electron chi connectivity index (χ2n) is 4.56. The van der Waals surface area contributed by atoms with E-state index in [1.807, 2.05) is 24.3 Å². The first kappa shape index (κ1) is 15.4. The highest BCUT2D eigenvalue weighted by Gasteiger charge is 2.11. The molecule has 2 rings (SSSR count). The van der Waals surface area contributed by atoms with Gasteiger partial charge in [0.25, 0.3) is 0 Å². The molecule has 0 aliphatic heterocycles. The van der Waals surface area contributed by atoms with Crippen molar-refractivity contribution in [3.8, 4) is 11.5 Å². The van der Waals surface area contributed by atoms with Crippen LogP contribution in [0.15, 0.2) is 47.4 Å². The molecule has 0 aliphatic rings. The van der Waals surface area contributed by atoms with Gasteiger partial charge in [0.2, 0.25) is 0 Å². The predicted molar refractivity (Wildman–Crippen MR) is 85.4 cm³/mol. The third-order valence-corrected chi connectivity index (χ3v) is 4.57. The van der Waals surface area contributed by atoms with E-state index in [-0.39, 0.29) is 0 Å². The van der Waals surface area contributed by atoms with Gasteiger partial charge >= 0.3 is 0 Å². The molecule has 4 nitrogen and oxygen atoms in total. The van der Waals surface area contributed by atoms with Crippen LogP contribution in [-0.4, -0.2) is 24.2 Å². The minimum absolute atomic E-state index is 0.534. The zero-order valence-electron chi connectivity index (χ0n) is 12.2. The topological polar surface area (TPSA) is 61.5 Å². The van der Waals surface area contributed by atoms with Gasteiger partial charge in [-0.1, -0.05) is 12.1 Å². The van der Waals surface area contributed by atoms with Gasteiger partial charge in [0.05, 0.1) is 29.9 Å². The number of anilines is 1. The van der Waals surface area contributed by atoms with Crippen LogP contribution in [0.4, 0.5) is 5.69 Å². The van der Waals surface area contributed by atoms with Crippen molar-refractivity contribution < 1.29 is 13.7 Å². The van der Waals surface area contributed by atoms with Gasteiger partial charge in [0.1, 0.15) is 11.5 Å². The highest BCUT2D eigenvalue weighted by atomic mass is 32.2. The SMILES string of the molecule is COc1ccc(CCS(=O)c2ccc(N)cc2OC)cc1.